The van der Waals surface area contributed by atoms with E-state index in [0.717, 1.165) is 66.6 Å². The molecular formula is C56H48N2. The Labute approximate surface area is 342 Å². The largest absolute Gasteiger partial charge is 0.245 e. The number of aromatic nitrogens is 2. The zero-order chi connectivity index (χ0) is 40.0. The fourth-order valence-electron chi connectivity index (χ4n) is 7.98. The summed E-state index contributed by atoms with van der Waals surface area (Å²) in [5.74, 6) is 0. The summed E-state index contributed by atoms with van der Waals surface area (Å²) >= 11 is 0. The van der Waals surface area contributed by atoms with Crippen molar-refractivity contribution in [1.29, 1.82) is 0 Å². The lowest BCUT2D eigenvalue weighted by Gasteiger charge is -2.20. The summed E-state index contributed by atoms with van der Waals surface area (Å²) in [7, 11) is 0. The van der Waals surface area contributed by atoms with Crippen molar-refractivity contribution in [3.05, 3.63) is 193 Å². The Morgan fingerprint density at radius 2 is 0.586 bits per heavy atom. The lowest BCUT2D eigenvalue weighted by Crippen LogP contribution is -2.10. The Morgan fingerprint density at radius 3 is 0.914 bits per heavy atom. The van der Waals surface area contributed by atoms with Crippen LogP contribution in [-0.4, -0.2) is 9.97 Å². The summed E-state index contributed by atoms with van der Waals surface area (Å²) in [5.41, 5.74) is 17.9. The van der Waals surface area contributed by atoms with Gasteiger partial charge in [0.25, 0.3) is 0 Å². The summed E-state index contributed by atoms with van der Waals surface area (Å²) < 4.78 is 0. The van der Waals surface area contributed by atoms with Crippen LogP contribution in [0.1, 0.15) is 52.7 Å². The molecule has 7 aromatic carbocycles. The molecule has 0 aliphatic heterocycles. The van der Waals surface area contributed by atoms with Crippen LogP contribution in [0.25, 0.3) is 88.8 Å². The van der Waals surface area contributed by atoms with Crippen LogP contribution in [0, 0.1) is 0 Å². The molecule has 0 spiro atoms. The van der Waals surface area contributed by atoms with Gasteiger partial charge >= 0.3 is 0 Å². The molecule has 9 rings (SSSR count). The molecule has 0 fully saturated rings. The van der Waals surface area contributed by atoms with Crippen molar-refractivity contribution in [3.8, 4) is 67.0 Å². The third kappa shape index (κ3) is 7.23. The van der Waals surface area contributed by atoms with E-state index in [1.54, 1.807) is 0 Å². The van der Waals surface area contributed by atoms with Gasteiger partial charge in [0.05, 0.1) is 22.4 Å². The van der Waals surface area contributed by atoms with Gasteiger partial charge in [0.2, 0.25) is 0 Å². The minimum Gasteiger partial charge on any atom is -0.245 e. The van der Waals surface area contributed by atoms with Gasteiger partial charge in [-0.2, -0.15) is 0 Å². The topological polar surface area (TPSA) is 25.8 Å². The summed E-state index contributed by atoms with van der Waals surface area (Å²) in [4.78, 5) is 11.0. The molecule has 58 heavy (non-hydrogen) atoms. The van der Waals surface area contributed by atoms with E-state index >= 15 is 0 Å². The quantitative estimate of drug-likeness (QED) is 0.158. The molecule has 2 heterocycles. The molecule has 9 aromatic rings. The Kier molecular flexibility index (Phi) is 9.37. The zero-order valence-corrected chi connectivity index (χ0v) is 34.2. The van der Waals surface area contributed by atoms with Crippen molar-refractivity contribution in [2.24, 2.45) is 0 Å². The molecule has 2 nitrogen and oxygen atoms in total. The Morgan fingerprint density at radius 1 is 0.293 bits per heavy atom. The van der Waals surface area contributed by atoms with Gasteiger partial charge in [-0.15, -0.1) is 0 Å². The third-order valence-corrected chi connectivity index (χ3v) is 11.5. The number of hydrogen-bond donors (Lipinski definition) is 0. The van der Waals surface area contributed by atoms with Crippen molar-refractivity contribution < 1.29 is 0 Å². The SMILES string of the molecule is CC(C)(C)c1ccc(-c2cc(-c3ccc(-c4ccccc4)cc3)c3ccc4c(-c5ccc(-c6ccccc6)cc5)cc(-c5ccc(C(C)(C)C)cc5)nc4c3n2)cc1. The minimum atomic E-state index is 0.0539. The van der Waals surface area contributed by atoms with E-state index in [4.69, 9.17) is 9.97 Å². The Balaban J connectivity index is 1.29. The first-order valence-corrected chi connectivity index (χ1v) is 20.3. The first-order valence-electron chi connectivity index (χ1n) is 20.3. The number of hydrogen-bond acceptors (Lipinski definition) is 2. The predicted octanol–water partition coefficient (Wildman–Crippen LogP) is 15.4. The highest BCUT2D eigenvalue weighted by Gasteiger charge is 2.20. The van der Waals surface area contributed by atoms with Crippen LogP contribution in [0.4, 0.5) is 0 Å². The molecule has 0 N–H and O–H groups in total. The van der Waals surface area contributed by atoms with Gasteiger partial charge in [0, 0.05) is 21.9 Å². The molecule has 2 heteroatoms. The summed E-state index contributed by atoms with van der Waals surface area (Å²) in [6.07, 6.45) is 0. The van der Waals surface area contributed by atoms with E-state index in [0.29, 0.717) is 0 Å². The van der Waals surface area contributed by atoms with Crippen LogP contribution in [-0.2, 0) is 10.8 Å². The lowest BCUT2D eigenvalue weighted by atomic mass is 9.86. The molecule has 0 saturated carbocycles. The second kappa shape index (κ2) is 14.7. The number of benzene rings is 7. The van der Waals surface area contributed by atoms with Gasteiger partial charge in [0.1, 0.15) is 0 Å². The zero-order valence-electron chi connectivity index (χ0n) is 34.2. The number of fused-ring (bicyclic) bond motifs is 3. The third-order valence-electron chi connectivity index (χ3n) is 11.5. The Hall–Kier alpha value is -6.64. The van der Waals surface area contributed by atoms with Crippen LogP contribution in [0.3, 0.4) is 0 Å². The average Bonchev–Trinajstić information content (AvgIpc) is 3.26. The van der Waals surface area contributed by atoms with E-state index in [1.165, 1.54) is 33.4 Å². The minimum absolute atomic E-state index is 0.0539. The van der Waals surface area contributed by atoms with E-state index in [1.807, 2.05) is 0 Å². The highest BCUT2D eigenvalue weighted by atomic mass is 14.8. The van der Waals surface area contributed by atoms with E-state index < -0.39 is 0 Å². The molecule has 0 saturated heterocycles. The molecule has 0 amide bonds. The van der Waals surface area contributed by atoms with Gasteiger partial charge < -0.3 is 0 Å². The van der Waals surface area contributed by atoms with Crippen LogP contribution in [0.15, 0.2) is 182 Å². The maximum atomic E-state index is 5.52. The first kappa shape index (κ1) is 37.0. The number of nitrogens with zero attached hydrogens (tertiary/aromatic N) is 2. The number of rotatable bonds is 6. The maximum Gasteiger partial charge on any atom is 0.0978 e. The monoisotopic (exact) mass is 748 g/mol. The number of pyridine rings is 2. The van der Waals surface area contributed by atoms with Gasteiger partial charge in [-0.3, -0.25) is 0 Å². The Bertz CT molecular complexity index is 2670. The van der Waals surface area contributed by atoms with Crippen molar-refractivity contribution in [1.82, 2.24) is 9.97 Å². The van der Waals surface area contributed by atoms with E-state index in [-0.39, 0.29) is 10.8 Å². The molecule has 0 atom stereocenters. The fourth-order valence-corrected chi connectivity index (χ4v) is 7.98. The van der Waals surface area contributed by atoms with Crippen molar-refractivity contribution in [2.75, 3.05) is 0 Å². The molecule has 0 bridgehead atoms. The molecule has 2 aromatic heterocycles. The van der Waals surface area contributed by atoms with Crippen LogP contribution >= 0.6 is 0 Å². The van der Waals surface area contributed by atoms with Gasteiger partial charge in [-0.1, -0.05) is 211 Å². The maximum absolute atomic E-state index is 5.52. The summed E-state index contributed by atoms with van der Waals surface area (Å²) in [6, 6.07) is 65.9. The van der Waals surface area contributed by atoms with Crippen molar-refractivity contribution in [2.45, 2.75) is 52.4 Å². The highest BCUT2D eigenvalue weighted by molar-refractivity contribution is 6.13. The normalized spacial score (nSPS) is 12.0. The second-order valence-corrected chi connectivity index (χ2v) is 17.5. The van der Waals surface area contributed by atoms with E-state index in [9.17, 15) is 0 Å². The average molecular weight is 749 g/mol. The van der Waals surface area contributed by atoms with E-state index in [2.05, 4.69) is 224 Å². The van der Waals surface area contributed by atoms with Gasteiger partial charge in [-0.25, -0.2) is 9.97 Å². The van der Waals surface area contributed by atoms with Crippen molar-refractivity contribution >= 4 is 21.8 Å². The highest BCUT2D eigenvalue weighted by Crippen LogP contribution is 2.41. The predicted molar refractivity (Wildman–Crippen MR) is 247 cm³/mol. The van der Waals surface area contributed by atoms with Crippen LogP contribution in [0.2, 0.25) is 0 Å². The van der Waals surface area contributed by atoms with Crippen LogP contribution < -0.4 is 0 Å². The molecule has 0 unspecified atom stereocenters. The second-order valence-electron chi connectivity index (χ2n) is 17.5. The van der Waals surface area contributed by atoms with Crippen LogP contribution in [0.5, 0.6) is 0 Å². The summed E-state index contributed by atoms with van der Waals surface area (Å²) in [6.45, 7) is 13.5. The lowest BCUT2D eigenvalue weighted by molar-refractivity contribution is 0.590. The molecular weight excluding hydrogens is 701 g/mol. The standard InChI is InChI=1S/C56H48N2/c1-55(2,3)45-29-25-43(26-30-45)51-35-49(41-21-17-39(18-22-41)37-13-9-7-10-14-37)47-33-34-48-50(42-23-19-40(20-24-42)38-15-11-8-12-16-38)36-52(58-54(48)53(47)57-51)44-27-31-46(32-28-44)56(4,5)6/h7-36H,1-6H3. The first-order chi connectivity index (χ1) is 28.0. The molecule has 0 radical (unpaired) electrons. The smallest absolute Gasteiger partial charge is 0.0978 e. The molecule has 0 aliphatic rings. The molecule has 0 aliphatic carbocycles. The molecule has 282 valence electrons. The fraction of sp³-hybridized carbons (Fsp3) is 0.143. The summed E-state index contributed by atoms with van der Waals surface area (Å²) in [5, 5.41) is 2.15. The van der Waals surface area contributed by atoms with Crippen molar-refractivity contribution in [3.63, 3.8) is 0 Å². The van der Waals surface area contributed by atoms with Gasteiger partial charge in [0.15, 0.2) is 0 Å². The van der Waals surface area contributed by atoms with Gasteiger partial charge in [-0.05, 0) is 78.6 Å².